The molecule has 62 heavy (non-hydrogen) atoms. The quantitative estimate of drug-likeness (QED) is 0.0262. The molecule has 0 aliphatic heterocycles. The molecule has 1 unspecified atom stereocenters. The van der Waals surface area contributed by atoms with Crippen LogP contribution in [0.5, 0.6) is 0 Å². The highest BCUT2D eigenvalue weighted by Crippen LogP contribution is 2.15. The van der Waals surface area contributed by atoms with Gasteiger partial charge in [0.05, 0.1) is 0 Å². The van der Waals surface area contributed by atoms with E-state index in [9.17, 15) is 14.4 Å². The molecule has 0 saturated heterocycles. The molecule has 358 valence electrons. The van der Waals surface area contributed by atoms with Gasteiger partial charge in [0.15, 0.2) is 6.10 Å². The standard InChI is InChI=1S/C56H98O6/c1-4-7-10-13-16-18-20-22-24-25-26-27-28-29-30-31-32-34-35-37-40-43-46-49-55(58)61-52-53(51-60-54(57)48-45-42-39-15-12-9-6-3)62-56(59)50-47-44-41-38-36-33-23-21-19-17-14-11-8-5-2/h7,10,16,18,22,24,26-27,29-30,53H,4-6,8-9,11-15,17,19-21,23,25,28,31-52H2,1-3H3/b10-7-,18-16-,24-22-,27-26-,30-29-. The predicted molar refractivity (Wildman–Crippen MR) is 265 cm³/mol. The summed E-state index contributed by atoms with van der Waals surface area (Å²) in [5.41, 5.74) is 0. The van der Waals surface area contributed by atoms with Crippen molar-refractivity contribution in [3.63, 3.8) is 0 Å². The van der Waals surface area contributed by atoms with E-state index in [0.717, 1.165) is 96.3 Å². The molecule has 0 aliphatic rings. The van der Waals surface area contributed by atoms with Gasteiger partial charge in [-0.3, -0.25) is 14.4 Å². The Morgan fingerprint density at radius 2 is 0.629 bits per heavy atom. The Balaban J connectivity index is 4.22. The molecule has 6 nitrogen and oxygen atoms in total. The molecule has 0 spiro atoms. The largest absolute Gasteiger partial charge is 0.462 e. The van der Waals surface area contributed by atoms with Crippen LogP contribution in [0.15, 0.2) is 60.8 Å². The van der Waals surface area contributed by atoms with Crippen molar-refractivity contribution in [1.82, 2.24) is 0 Å². The lowest BCUT2D eigenvalue weighted by Crippen LogP contribution is -2.30. The molecule has 0 bridgehead atoms. The summed E-state index contributed by atoms with van der Waals surface area (Å²) in [7, 11) is 0. The minimum absolute atomic E-state index is 0.0752. The zero-order valence-electron chi connectivity index (χ0n) is 40.9. The van der Waals surface area contributed by atoms with E-state index in [4.69, 9.17) is 14.2 Å². The first kappa shape index (κ1) is 59.1. The lowest BCUT2D eigenvalue weighted by molar-refractivity contribution is -0.167. The van der Waals surface area contributed by atoms with E-state index in [1.54, 1.807) is 0 Å². The lowest BCUT2D eigenvalue weighted by Gasteiger charge is -2.18. The SMILES string of the molecule is CC/C=C\C/C=C\C/C=C\C/C=C\C/C=C\CCCCCCCCCC(=O)OCC(COC(=O)CCCCCCCCC)OC(=O)CCCCCCCCCCCCCCCC. The fourth-order valence-corrected chi connectivity index (χ4v) is 7.35. The van der Waals surface area contributed by atoms with E-state index >= 15 is 0 Å². The second-order valence-electron chi connectivity index (χ2n) is 17.4. The van der Waals surface area contributed by atoms with Crippen LogP contribution in [0.4, 0.5) is 0 Å². The van der Waals surface area contributed by atoms with Crippen LogP contribution in [0.1, 0.15) is 258 Å². The number of carbonyl (C=O) groups is 3. The number of carbonyl (C=O) groups excluding carboxylic acids is 3. The number of esters is 3. The highest BCUT2D eigenvalue weighted by Gasteiger charge is 2.19. The summed E-state index contributed by atoms with van der Waals surface area (Å²) in [6, 6.07) is 0. The second-order valence-corrected chi connectivity index (χ2v) is 17.4. The fraction of sp³-hybridized carbons (Fsp3) is 0.768. The molecule has 0 amide bonds. The average Bonchev–Trinajstić information content (AvgIpc) is 3.27. The lowest BCUT2D eigenvalue weighted by atomic mass is 10.0. The van der Waals surface area contributed by atoms with E-state index in [1.165, 1.54) is 122 Å². The molecule has 0 fully saturated rings. The Morgan fingerprint density at radius 1 is 0.339 bits per heavy atom. The zero-order valence-corrected chi connectivity index (χ0v) is 40.9. The molecular weight excluding hydrogens is 769 g/mol. The number of hydrogen-bond donors (Lipinski definition) is 0. The Morgan fingerprint density at radius 3 is 0.984 bits per heavy atom. The van der Waals surface area contributed by atoms with Gasteiger partial charge in [0.1, 0.15) is 13.2 Å². The van der Waals surface area contributed by atoms with E-state index in [0.29, 0.717) is 19.3 Å². The van der Waals surface area contributed by atoms with Gasteiger partial charge >= 0.3 is 17.9 Å². The zero-order chi connectivity index (χ0) is 45.1. The first-order valence-electron chi connectivity index (χ1n) is 26.3. The average molecular weight is 867 g/mol. The van der Waals surface area contributed by atoms with Gasteiger partial charge in [-0.1, -0.05) is 236 Å². The van der Waals surface area contributed by atoms with Gasteiger partial charge in [-0.15, -0.1) is 0 Å². The number of hydrogen-bond acceptors (Lipinski definition) is 6. The monoisotopic (exact) mass is 867 g/mol. The summed E-state index contributed by atoms with van der Waals surface area (Å²) in [5.74, 6) is -0.887. The third kappa shape index (κ3) is 48.1. The van der Waals surface area contributed by atoms with E-state index in [1.807, 2.05) is 0 Å². The molecule has 0 aromatic carbocycles. The maximum atomic E-state index is 12.8. The smallest absolute Gasteiger partial charge is 0.306 e. The fourth-order valence-electron chi connectivity index (χ4n) is 7.35. The maximum absolute atomic E-state index is 12.8. The van der Waals surface area contributed by atoms with Crippen molar-refractivity contribution in [3.05, 3.63) is 60.8 Å². The van der Waals surface area contributed by atoms with E-state index in [2.05, 4.69) is 81.5 Å². The van der Waals surface area contributed by atoms with Crippen LogP contribution < -0.4 is 0 Å². The van der Waals surface area contributed by atoms with Crippen LogP contribution >= 0.6 is 0 Å². The van der Waals surface area contributed by atoms with Crippen molar-refractivity contribution >= 4 is 17.9 Å². The normalized spacial score (nSPS) is 12.5. The molecule has 6 heteroatoms. The van der Waals surface area contributed by atoms with Crippen molar-refractivity contribution in [2.45, 2.75) is 264 Å². The molecule has 0 heterocycles. The predicted octanol–water partition coefficient (Wildman–Crippen LogP) is 17.3. The summed E-state index contributed by atoms with van der Waals surface area (Å²) in [5, 5.41) is 0. The van der Waals surface area contributed by atoms with Crippen LogP contribution in [0.3, 0.4) is 0 Å². The van der Waals surface area contributed by atoms with E-state index < -0.39 is 6.10 Å². The van der Waals surface area contributed by atoms with Crippen LogP contribution in [0.25, 0.3) is 0 Å². The minimum atomic E-state index is -0.773. The van der Waals surface area contributed by atoms with Gasteiger partial charge in [0, 0.05) is 19.3 Å². The number of unbranched alkanes of at least 4 members (excludes halogenated alkanes) is 26. The highest BCUT2D eigenvalue weighted by atomic mass is 16.6. The number of ether oxygens (including phenoxy) is 3. The Labute approximate surface area is 383 Å². The van der Waals surface area contributed by atoms with Crippen LogP contribution in [-0.4, -0.2) is 37.2 Å². The van der Waals surface area contributed by atoms with Crippen LogP contribution in [0, 0.1) is 0 Å². The summed E-state index contributed by atoms with van der Waals surface area (Å²) in [4.78, 5) is 37.8. The van der Waals surface area contributed by atoms with E-state index in [-0.39, 0.29) is 31.1 Å². The Bertz CT molecular complexity index is 1130. The first-order valence-corrected chi connectivity index (χ1v) is 26.3. The third-order valence-corrected chi connectivity index (χ3v) is 11.3. The van der Waals surface area contributed by atoms with Crippen molar-refractivity contribution < 1.29 is 28.6 Å². The highest BCUT2D eigenvalue weighted by molar-refractivity contribution is 5.71. The van der Waals surface area contributed by atoms with Crippen molar-refractivity contribution in [3.8, 4) is 0 Å². The third-order valence-electron chi connectivity index (χ3n) is 11.3. The Kier molecular flexibility index (Phi) is 48.4. The molecular formula is C56H98O6. The number of rotatable bonds is 47. The molecule has 0 radical (unpaired) electrons. The molecule has 0 aromatic heterocycles. The minimum Gasteiger partial charge on any atom is -0.462 e. The first-order chi connectivity index (χ1) is 30.5. The van der Waals surface area contributed by atoms with Gasteiger partial charge in [-0.25, -0.2) is 0 Å². The Hall–Kier alpha value is -2.89. The molecule has 0 saturated carbocycles. The van der Waals surface area contributed by atoms with Gasteiger partial charge in [0.25, 0.3) is 0 Å². The topological polar surface area (TPSA) is 78.9 Å². The van der Waals surface area contributed by atoms with Gasteiger partial charge < -0.3 is 14.2 Å². The number of allylic oxidation sites excluding steroid dienone is 10. The molecule has 0 aliphatic carbocycles. The second kappa shape index (κ2) is 50.8. The van der Waals surface area contributed by atoms with Crippen molar-refractivity contribution in [2.24, 2.45) is 0 Å². The summed E-state index contributed by atoms with van der Waals surface area (Å²) >= 11 is 0. The van der Waals surface area contributed by atoms with Crippen molar-refractivity contribution in [1.29, 1.82) is 0 Å². The molecule has 1 atom stereocenters. The summed E-state index contributed by atoms with van der Waals surface area (Å²) in [6.45, 7) is 6.48. The molecule has 0 rings (SSSR count). The van der Waals surface area contributed by atoms with Gasteiger partial charge in [-0.05, 0) is 64.2 Å². The van der Waals surface area contributed by atoms with Crippen molar-refractivity contribution in [2.75, 3.05) is 13.2 Å². The van der Waals surface area contributed by atoms with Crippen LogP contribution in [0.2, 0.25) is 0 Å². The maximum Gasteiger partial charge on any atom is 0.306 e. The summed E-state index contributed by atoms with van der Waals surface area (Å²) in [6.07, 6.45) is 62.2. The van der Waals surface area contributed by atoms with Crippen LogP contribution in [-0.2, 0) is 28.6 Å². The molecule has 0 N–H and O–H groups in total. The molecule has 0 aromatic rings. The van der Waals surface area contributed by atoms with Gasteiger partial charge in [-0.2, -0.15) is 0 Å². The van der Waals surface area contributed by atoms with Gasteiger partial charge in [0.2, 0.25) is 0 Å². The summed E-state index contributed by atoms with van der Waals surface area (Å²) < 4.78 is 16.7.